The molecule has 2 aliphatic rings. The number of aromatic amines is 2. The molecule has 3 aromatic heterocycles. The number of pyridine rings is 1. The van der Waals surface area contributed by atoms with Crippen molar-refractivity contribution in [2.75, 3.05) is 31.1 Å². The highest BCUT2D eigenvalue weighted by molar-refractivity contribution is 5.96. The van der Waals surface area contributed by atoms with Crippen LogP contribution in [-0.4, -0.2) is 51.3 Å². The van der Waals surface area contributed by atoms with E-state index < -0.39 is 0 Å². The van der Waals surface area contributed by atoms with Crippen LogP contribution in [-0.2, 0) is 0 Å². The van der Waals surface area contributed by atoms with Crippen LogP contribution in [0.3, 0.4) is 0 Å². The third kappa shape index (κ3) is 2.97. The summed E-state index contributed by atoms with van der Waals surface area (Å²) in [5, 5.41) is 12.1. The number of nitrogens with one attached hydrogen (secondary N) is 3. The zero-order valence-electron chi connectivity index (χ0n) is 16.9. The number of hydrogen-bond donors (Lipinski definition) is 3. The van der Waals surface area contributed by atoms with Gasteiger partial charge in [-0.25, -0.2) is 4.98 Å². The van der Waals surface area contributed by atoms with E-state index in [0.29, 0.717) is 0 Å². The molecule has 0 aliphatic carbocycles. The van der Waals surface area contributed by atoms with Gasteiger partial charge in [-0.1, -0.05) is 12.1 Å². The molecule has 0 atom stereocenters. The monoisotopic (exact) mass is 399 g/mol. The molecule has 0 spiro atoms. The molecule has 2 aliphatic heterocycles. The molecule has 6 rings (SSSR count). The van der Waals surface area contributed by atoms with E-state index >= 15 is 0 Å². The highest BCUT2D eigenvalue weighted by Crippen LogP contribution is 2.32. The molecule has 5 heterocycles. The lowest BCUT2D eigenvalue weighted by Gasteiger charge is -2.28. The summed E-state index contributed by atoms with van der Waals surface area (Å²) in [5.74, 6) is 0.803. The molecule has 0 saturated carbocycles. The van der Waals surface area contributed by atoms with Gasteiger partial charge in [-0.05, 0) is 56.0 Å². The average molecular weight is 400 g/mol. The number of hydrogen-bond acceptors (Lipinski definition) is 5. The van der Waals surface area contributed by atoms with Gasteiger partial charge in [0, 0.05) is 25.0 Å². The Balaban J connectivity index is 1.44. The Morgan fingerprint density at radius 1 is 1.03 bits per heavy atom. The van der Waals surface area contributed by atoms with Crippen LogP contribution < -0.4 is 10.2 Å². The summed E-state index contributed by atoms with van der Waals surface area (Å²) in [4.78, 5) is 15.6. The summed E-state index contributed by atoms with van der Waals surface area (Å²) in [6.45, 7) is 4.10. The first-order valence-electron chi connectivity index (χ1n) is 10.8. The third-order valence-corrected chi connectivity index (χ3v) is 6.25. The fourth-order valence-electron chi connectivity index (χ4n) is 4.65. The summed E-state index contributed by atoms with van der Waals surface area (Å²) in [7, 11) is 0. The third-order valence-electron chi connectivity index (χ3n) is 6.25. The lowest BCUT2D eigenvalue weighted by molar-refractivity contribution is 0.579. The minimum absolute atomic E-state index is 0.803. The van der Waals surface area contributed by atoms with Crippen molar-refractivity contribution in [2.45, 2.75) is 25.7 Å². The minimum Gasteiger partial charge on any atom is -0.370 e. The number of H-pyrrole nitrogens is 2. The van der Waals surface area contributed by atoms with Gasteiger partial charge in [0.25, 0.3) is 0 Å². The van der Waals surface area contributed by atoms with Crippen molar-refractivity contribution in [1.29, 1.82) is 0 Å². The SMILES string of the molecule is C1=C(c2cc3c(-c4nc5c(N6CCCCC6)cccc5[nH]4)n[nH]c3cn2)CCNC1. The number of benzene rings is 1. The molecule has 7 heteroatoms. The maximum absolute atomic E-state index is 5.00. The molecule has 7 nitrogen and oxygen atoms in total. The van der Waals surface area contributed by atoms with Gasteiger partial charge in [0.2, 0.25) is 0 Å². The normalized spacial score (nSPS) is 17.6. The quantitative estimate of drug-likeness (QED) is 0.487. The molecule has 0 bridgehead atoms. The topological polar surface area (TPSA) is 85.5 Å². The number of aromatic nitrogens is 5. The second-order valence-corrected chi connectivity index (χ2v) is 8.18. The summed E-state index contributed by atoms with van der Waals surface area (Å²) < 4.78 is 0. The number of anilines is 1. The largest absolute Gasteiger partial charge is 0.370 e. The van der Waals surface area contributed by atoms with E-state index in [1.165, 1.54) is 30.5 Å². The van der Waals surface area contributed by atoms with Crippen LogP contribution in [0.15, 0.2) is 36.5 Å². The van der Waals surface area contributed by atoms with Crippen LogP contribution in [0.25, 0.3) is 39.0 Å². The Labute approximate surface area is 174 Å². The van der Waals surface area contributed by atoms with Gasteiger partial charge in [0.05, 0.1) is 28.6 Å². The molecule has 1 aromatic carbocycles. The second-order valence-electron chi connectivity index (χ2n) is 8.18. The molecule has 30 heavy (non-hydrogen) atoms. The predicted octanol–water partition coefficient (Wildman–Crippen LogP) is 3.87. The maximum Gasteiger partial charge on any atom is 0.159 e. The Hall–Kier alpha value is -3.19. The van der Waals surface area contributed by atoms with E-state index in [4.69, 9.17) is 4.98 Å². The molecular formula is C23H25N7. The molecule has 4 aromatic rings. The molecular weight excluding hydrogens is 374 g/mol. The molecule has 1 fully saturated rings. The molecule has 0 amide bonds. The summed E-state index contributed by atoms with van der Waals surface area (Å²) in [6.07, 6.45) is 8.92. The van der Waals surface area contributed by atoms with E-state index in [0.717, 1.165) is 71.7 Å². The van der Waals surface area contributed by atoms with Gasteiger partial charge in [-0.15, -0.1) is 0 Å². The number of fused-ring (bicyclic) bond motifs is 2. The molecule has 0 radical (unpaired) electrons. The fourth-order valence-corrected chi connectivity index (χ4v) is 4.65. The smallest absolute Gasteiger partial charge is 0.159 e. The van der Waals surface area contributed by atoms with Gasteiger partial charge < -0.3 is 15.2 Å². The minimum atomic E-state index is 0.803. The lowest BCUT2D eigenvalue weighted by atomic mass is 10.0. The first-order chi connectivity index (χ1) is 14.9. The van der Waals surface area contributed by atoms with Crippen molar-refractivity contribution in [2.24, 2.45) is 0 Å². The Kier molecular flexibility index (Phi) is 4.27. The number of rotatable bonds is 3. The lowest BCUT2D eigenvalue weighted by Crippen LogP contribution is -2.29. The zero-order valence-corrected chi connectivity index (χ0v) is 16.9. The summed E-state index contributed by atoms with van der Waals surface area (Å²) >= 11 is 0. The van der Waals surface area contributed by atoms with E-state index in [1.54, 1.807) is 0 Å². The Morgan fingerprint density at radius 2 is 1.97 bits per heavy atom. The van der Waals surface area contributed by atoms with Crippen LogP contribution in [0.4, 0.5) is 5.69 Å². The van der Waals surface area contributed by atoms with Crippen LogP contribution >= 0.6 is 0 Å². The van der Waals surface area contributed by atoms with Gasteiger partial charge in [-0.2, -0.15) is 5.10 Å². The van der Waals surface area contributed by atoms with Gasteiger partial charge in [0.1, 0.15) is 11.2 Å². The van der Waals surface area contributed by atoms with Crippen LogP contribution in [0, 0.1) is 0 Å². The van der Waals surface area contributed by atoms with Crippen LogP contribution in [0.2, 0.25) is 0 Å². The first-order valence-corrected chi connectivity index (χ1v) is 10.8. The van der Waals surface area contributed by atoms with Crippen LogP contribution in [0.5, 0.6) is 0 Å². The van der Waals surface area contributed by atoms with E-state index in [9.17, 15) is 0 Å². The van der Waals surface area contributed by atoms with Crippen molar-refractivity contribution >= 4 is 33.2 Å². The molecule has 152 valence electrons. The number of imidazole rings is 1. The highest BCUT2D eigenvalue weighted by atomic mass is 15.2. The Morgan fingerprint density at radius 3 is 2.83 bits per heavy atom. The van der Waals surface area contributed by atoms with E-state index in [2.05, 4.69) is 60.7 Å². The van der Waals surface area contributed by atoms with Crippen LogP contribution in [0.1, 0.15) is 31.4 Å². The molecule has 0 unspecified atom stereocenters. The average Bonchev–Trinajstić information content (AvgIpc) is 3.43. The maximum atomic E-state index is 5.00. The van der Waals surface area contributed by atoms with Crippen molar-refractivity contribution in [3.63, 3.8) is 0 Å². The number of piperidine rings is 1. The highest BCUT2D eigenvalue weighted by Gasteiger charge is 2.19. The van der Waals surface area contributed by atoms with Crippen molar-refractivity contribution < 1.29 is 0 Å². The standard InChI is InChI=1S/C23H25N7/c1-2-11-30(12-3-1)20-6-4-5-17-22(20)27-23(26-17)21-16-13-18(15-7-9-24-10-8-15)25-14-19(16)28-29-21/h4-7,13-14,24H,1-3,8-12H2,(H,26,27)(H,28,29). The van der Waals surface area contributed by atoms with Crippen molar-refractivity contribution in [3.8, 4) is 11.5 Å². The zero-order chi connectivity index (χ0) is 19.9. The van der Waals surface area contributed by atoms with Gasteiger partial charge in [-0.3, -0.25) is 10.1 Å². The molecule has 3 N–H and O–H groups in total. The van der Waals surface area contributed by atoms with Gasteiger partial charge in [0.15, 0.2) is 5.82 Å². The summed E-state index contributed by atoms with van der Waals surface area (Å²) in [5.41, 5.74) is 7.40. The predicted molar refractivity (Wildman–Crippen MR) is 121 cm³/mol. The van der Waals surface area contributed by atoms with Gasteiger partial charge >= 0.3 is 0 Å². The summed E-state index contributed by atoms with van der Waals surface area (Å²) in [6, 6.07) is 8.54. The number of nitrogens with zero attached hydrogens (tertiary/aromatic N) is 4. The van der Waals surface area contributed by atoms with Crippen molar-refractivity contribution in [1.82, 2.24) is 30.5 Å². The fraction of sp³-hybridized carbons (Fsp3) is 0.348. The van der Waals surface area contributed by atoms with E-state index in [-0.39, 0.29) is 0 Å². The molecule has 1 saturated heterocycles. The van der Waals surface area contributed by atoms with Crippen molar-refractivity contribution in [3.05, 3.63) is 42.2 Å². The first kappa shape index (κ1) is 17.7. The number of para-hydroxylation sites is 1. The van der Waals surface area contributed by atoms with E-state index in [1.807, 2.05) is 6.20 Å². The second kappa shape index (κ2) is 7.25. The Bertz CT molecular complexity index is 1240.